The minimum atomic E-state index is -0.449. The van der Waals surface area contributed by atoms with E-state index in [1.165, 1.54) is 11.1 Å². The zero-order chi connectivity index (χ0) is 15.8. The number of rotatable bonds is 6. The number of aromatic nitrogens is 1. The van der Waals surface area contributed by atoms with E-state index in [0.717, 1.165) is 0 Å². The van der Waals surface area contributed by atoms with Crippen molar-refractivity contribution in [1.29, 1.82) is 10.5 Å². The Kier molecular flexibility index (Phi) is 5.47. The van der Waals surface area contributed by atoms with Crippen molar-refractivity contribution in [3.05, 3.63) is 36.0 Å². The summed E-state index contributed by atoms with van der Waals surface area (Å²) in [5.74, 6) is 0.591. The molecular formula is C15H16N6O. The van der Waals surface area contributed by atoms with Gasteiger partial charge in [0.25, 0.3) is 0 Å². The number of nitrogens with one attached hydrogen (secondary N) is 2. The molecule has 0 spiro atoms. The van der Waals surface area contributed by atoms with Gasteiger partial charge in [-0.05, 0) is 18.2 Å². The van der Waals surface area contributed by atoms with Crippen LogP contribution in [0.25, 0.3) is 0 Å². The van der Waals surface area contributed by atoms with Crippen LogP contribution < -0.4 is 10.6 Å². The zero-order valence-electron chi connectivity index (χ0n) is 12.0. The lowest BCUT2D eigenvalue weighted by Crippen LogP contribution is -2.41. The van der Waals surface area contributed by atoms with Crippen LogP contribution in [0.1, 0.15) is 5.56 Å². The minimum Gasteiger partial charge on any atom is -0.369 e. The molecule has 1 aromatic heterocycles. The maximum absolute atomic E-state index is 11.9. The van der Waals surface area contributed by atoms with Crippen LogP contribution in [0.3, 0.4) is 0 Å². The fourth-order valence-electron chi connectivity index (χ4n) is 2.03. The van der Waals surface area contributed by atoms with Crippen LogP contribution in [0.5, 0.6) is 0 Å². The molecule has 0 unspecified atom stereocenters. The molecule has 2 heterocycles. The smallest absolute Gasteiger partial charge is 0.238 e. The summed E-state index contributed by atoms with van der Waals surface area (Å²) in [5.41, 5.74) is 0.514. The number of nitrogens with zero attached hydrogens (tertiary/aromatic N) is 4. The molecule has 1 amide bonds. The van der Waals surface area contributed by atoms with Crippen molar-refractivity contribution in [3.8, 4) is 12.1 Å². The Morgan fingerprint density at radius 1 is 1.41 bits per heavy atom. The molecule has 0 saturated heterocycles. The number of nitriles is 2. The summed E-state index contributed by atoms with van der Waals surface area (Å²) in [5, 5.41) is 23.7. The third kappa shape index (κ3) is 4.05. The third-order valence-electron chi connectivity index (χ3n) is 3.19. The van der Waals surface area contributed by atoms with Gasteiger partial charge in [-0.1, -0.05) is 6.08 Å². The van der Waals surface area contributed by atoms with E-state index in [2.05, 4.69) is 21.7 Å². The second kappa shape index (κ2) is 7.77. The summed E-state index contributed by atoms with van der Waals surface area (Å²) in [4.78, 5) is 17.5. The van der Waals surface area contributed by atoms with Crippen LogP contribution in [0.15, 0.2) is 30.5 Å². The summed E-state index contributed by atoms with van der Waals surface area (Å²) >= 11 is 0. The molecule has 1 aliphatic heterocycles. The number of amides is 1. The number of hydrogen-bond acceptors (Lipinski definition) is 6. The SMILES string of the molecule is N#Cc1ccc(NCCNCC(=O)N2CC=C[C@H]2C#N)nc1. The second-order valence-electron chi connectivity index (χ2n) is 4.70. The Labute approximate surface area is 128 Å². The summed E-state index contributed by atoms with van der Waals surface area (Å²) in [7, 11) is 0. The van der Waals surface area contributed by atoms with Gasteiger partial charge in [-0.2, -0.15) is 10.5 Å². The quantitative estimate of drug-likeness (QED) is 0.576. The number of carbonyl (C=O) groups excluding carboxylic acids is 1. The van der Waals surface area contributed by atoms with Gasteiger partial charge in [0.2, 0.25) is 5.91 Å². The van der Waals surface area contributed by atoms with Crippen molar-refractivity contribution in [2.24, 2.45) is 0 Å². The minimum absolute atomic E-state index is 0.0898. The average Bonchev–Trinajstić information content (AvgIpc) is 3.03. The van der Waals surface area contributed by atoms with Crippen molar-refractivity contribution < 1.29 is 4.79 Å². The molecule has 112 valence electrons. The predicted molar refractivity (Wildman–Crippen MR) is 80.6 cm³/mol. The third-order valence-corrected chi connectivity index (χ3v) is 3.19. The molecule has 0 bridgehead atoms. The first kappa shape index (κ1) is 15.5. The largest absolute Gasteiger partial charge is 0.369 e. The Morgan fingerprint density at radius 2 is 2.27 bits per heavy atom. The highest BCUT2D eigenvalue weighted by molar-refractivity contribution is 5.79. The second-order valence-corrected chi connectivity index (χ2v) is 4.70. The van der Waals surface area contributed by atoms with Gasteiger partial charge in [0, 0.05) is 25.8 Å². The molecule has 7 heteroatoms. The molecule has 22 heavy (non-hydrogen) atoms. The molecule has 1 aliphatic rings. The van der Waals surface area contributed by atoms with E-state index in [1.807, 2.05) is 12.1 Å². The Morgan fingerprint density at radius 3 is 2.95 bits per heavy atom. The van der Waals surface area contributed by atoms with E-state index in [-0.39, 0.29) is 12.5 Å². The molecule has 0 aromatic carbocycles. The first-order valence-electron chi connectivity index (χ1n) is 6.91. The maximum Gasteiger partial charge on any atom is 0.238 e. The van der Waals surface area contributed by atoms with Gasteiger partial charge in [-0.3, -0.25) is 4.79 Å². The molecule has 0 radical (unpaired) electrons. The Hall–Kier alpha value is -2.90. The summed E-state index contributed by atoms with van der Waals surface area (Å²) in [6.07, 6.45) is 5.06. The van der Waals surface area contributed by atoms with Crippen molar-refractivity contribution in [2.75, 3.05) is 31.5 Å². The van der Waals surface area contributed by atoms with Crippen molar-refractivity contribution >= 4 is 11.7 Å². The number of carbonyl (C=O) groups is 1. The molecule has 7 nitrogen and oxygen atoms in total. The highest BCUT2D eigenvalue weighted by Gasteiger charge is 2.23. The average molecular weight is 296 g/mol. The Balaban J connectivity index is 1.64. The molecule has 1 aromatic rings. The molecule has 2 N–H and O–H groups in total. The summed E-state index contributed by atoms with van der Waals surface area (Å²) < 4.78 is 0. The van der Waals surface area contributed by atoms with Gasteiger partial charge < -0.3 is 15.5 Å². The molecule has 0 saturated carbocycles. The zero-order valence-corrected chi connectivity index (χ0v) is 12.0. The predicted octanol–water partition coefficient (Wildman–Crippen LogP) is 0.245. The molecule has 2 rings (SSSR count). The van der Waals surface area contributed by atoms with Crippen molar-refractivity contribution in [3.63, 3.8) is 0 Å². The highest BCUT2D eigenvalue weighted by Crippen LogP contribution is 2.08. The highest BCUT2D eigenvalue weighted by atomic mass is 16.2. The van der Waals surface area contributed by atoms with Crippen LogP contribution in [0.2, 0.25) is 0 Å². The van der Waals surface area contributed by atoms with E-state index < -0.39 is 6.04 Å². The summed E-state index contributed by atoms with van der Waals surface area (Å²) in [6.45, 7) is 1.88. The van der Waals surface area contributed by atoms with Gasteiger partial charge >= 0.3 is 0 Å². The fraction of sp³-hybridized carbons (Fsp3) is 0.333. The number of anilines is 1. The van der Waals surface area contributed by atoms with Crippen LogP contribution in [-0.2, 0) is 4.79 Å². The first-order valence-corrected chi connectivity index (χ1v) is 6.91. The van der Waals surface area contributed by atoms with E-state index in [9.17, 15) is 4.79 Å². The molecular weight excluding hydrogens is 280 g/mol. The van der Waals surface area contributed by atoms with Crippen LogP contribution in [0.4, 0.5) is 5.82 Å². The van der Waals surface area contributed by atoms with Crippen molar-refractivity contribution in [2.45, 2.75) is 6.04 Å². The van der Waals surface area contributed by atoms with Crippen LogP contribution in [-0.4, -0.2) is 48.0 Å². The molecule has 1 atom stereocenters. The van der Waals surface area contributed by atoms with E-state index in [1.54, 1.807) is 18.2 Å². The summed E-state index contributed by atoms with van der Waals surface area (Å²) in [6, 6.07) is 7.05. The van der Waals surface area contributed by atoms with Gasteiger partial charge in [0.05, 0.1) is 18.2 Å². The normalized spacial score (nSPS) is 16.1. The van der Waals surface area contributed by atoms with Crippen LogP contribution in [0, 0.1) is 22.7 Å². The Bertz CT molecular complexity index is 625. The number of pyridine rings is 1. The molecule has 0 fully saturated rings. The van der Waals surface area contributed by atoms with Gasteiger partial charge in [0.1, 0.15) is 17.9 Å². The first-order chi connectivity index (χ1) is 10.7. The van der Waals surface area contributed by atoms with Crippen LogP contribution >= 0.6 is 0 Å². The van der Waals surface area contributed by atoms with Gasteiger partial charge in [-0.25, -0.2) is 4.98 Å². The van der Waals surface area contributed by atoms with E-state index >= 15 is 0 Å². The van der Waals surface area contributed by atoms with Gasteiger partial charge in [0.15, 0.2) is 0 Å². The van der Waals surface area contributed by atoms with E-state index in [4.69, 9.17) is 10.5 Å². The standard InChI is InChI=1S/C15H16N6O/c16-8-12-3-4-14(20-10-12)19-6-5-18-11-15(22)21-7-1-2-13(21)9-17/h1-4,10,13,18H,5-7,11H2,(H,19,20)/t13-/m0/s1. The van der Waals surface area contributed by atoms with E-state index in [0.29, 0.717) is 31.0 Å². The molecule has 0 aliphatic carbocycles. The van der Waals surface area contributed by atoms with Gasteiger partial charge in [-0.15, -0.1) is 0 Å². The maximum atomic E-state index is 11.9. The topological polar surface area (TPSA) is 105 Å². The number of hydrogen-bond donors (Lipinski definition) is 2. The lowest BCUT2D eigenvalue weighted by molar-refractivity contribution is -0.129. The van der Waals surface area contributed by atoms with Crippen molar-refractivity contribution in [1.82, 2.24) is 15.2 Å². The lowest BCUT2D eigenvalue weighted by Gasteiger charge is -2.19. The fourth-order valence-corrected chi connectivity index (χ4v) is 2.03. The lowest BCUT2D eigenvalue weighted by atomic mass is 10.3. The monoisotopic (exact) mass is 296 g/mol.